The number of hydrogen-bond donors (Lipinski definition) is 1. The minimum Gasteiger partial charge on any atom is -0.465 e. The third kappa shape index (κ3) is 5.44. The second kappa shape index (κ2) is 10.8. The van der Waals surface area contributed by atoms with E-state index in [1.165, 1.54) is 11.4 Å². The summed E-state index contributed by atoms with van der Waals surface area (Å²) in [5.74, 6) is -0.705. The molecule has 0 spiro atoms. The third-order valence-electron chi connectivity index (χ3n) is 6.33. The standard InChI is InChI=1S/C25H24ClN5O5S2/c1-36-25(33)17-4-8-21-22(14-17)29-31(28-21)19-10-12-30(13-11-19)38(34,35)23-9-7-20(37-23)15-27-24(32)16-2-5-18(26)6-3-16/h2-9,14,19H,10-13,15H2,1H3,(H,27,32). The Morgan fingerprint density at radius 1 is 1.03 bits per heavy atom. The molecular formula is C25H24ClN5O5S2. The maximum Gasteiger partial charge on any atom is 0.337 e. The van der Waals surface area contributed by atoms with E-state index < -0.39 is 16.0 Å². The predicted octanol–water partition coefficient (Wildman–Crippen LogP) is 3.89. The first-order chi connectivity index (χ1) is 18.2. The maximum atomic E-state index is 13.3. The van der Waals surface area contributed by atoms with Gasteiger partial charge >= 0.3 is 5.97 Å². The molecule has 198 valence electrons. The van der Waals surface area contributed by atoms with Gasteiger partial charge in [0.1, 0.15) is 15.2 Å². The number of hydrogen-bond acceptors (Lipinski definition) is 8. The molecule has 0 bridgehead atoms. The fourth-order valence-corrected chi connectivity index (χ4v) is 7.29. The van der Waals surface area contributed by atoms with Crippen LogP contribution in [0, 0.1) is 0 Å². The molecule has 0 aliphatic carbocycles. The number of fused-ring (bicyclic) bond motifs is 1. The summed E-state index contributed by atoms with van der Waals surface area (Å²) in [6.45, 7) is 0.887. The molecule has 2 aromatic heterocycles. The second-order valence-corrected chi connectivity index (χ2v) is 12.5. The van der Waals surface area contributed by atoms with Crippen molar-refractivity contribution >= 4 is 55.9 Å². The van der Waals surface area contributed by atoms with Crippen LogP contribution in [0.3, 0.4) is 0 Å². The third-order valence-corrected chi connectivity index (χ3v) is 10.0. The van der Waals surface area contributed by atoms with Gasteiger partial charge in [-0.25, -0.2) is 13.2 Å². The van der Waals surface area contributed by atoms with Crippen LogP contribution in [0.25, 0.3) is 11.0 Å². The molecule has 10 nitrogen and oxygen atoms in total. The summed E-state index contributed by atoms with van der Waals surface area (Å²) in [5.41, 5.74) is 2.11. The number of nitrogens with zero attached hydrogens (tertiary/aromatic N) is 4. The number of thiophene rings is 1. The highest BCUT2D eigenvalue weighted by Gasteiger charge is 2.32. The lowest BCUT2D eigenvalue weighted by Gasteiger charge is -2.30. The zero-order valence-corrected chi connectivity index (χ0v) is 22.7. The van der Waals surface area contributed by atoms with Gasteiger partial charge in [-0.2, -0.15) is 19.3 Å². The van der Waals surface area contributed by atoms with Crippen molar-refractivity contribution in [2.45, 2.75) is 29.6 Å². The number of ether oxygens (including phenoxy) is 1. The van der Waals surface area contributed by atoms with E-state index in [4.69, 9.17) is 16.3 Å². The van der Waals surface area contributed by atoms with Crippen molar-refractivity contribution in [3.05, 3.63) is 75.6 Å². The van der Waals surface area contributed by atoms with E-state index in [-0.39, 0.29) is 22.7 Å². The first-order valence-electron chi connectivity index (χ1n) is 11.8. The Labute approximate surface area is 228 Å². The largest absolute Gasteiger partial charge is 0.465 e. The fourth-order valence-electron chi connectivity index (χ4n) is 4.24. The Bertz CT molecular complexity index is 1590. The number of sulfonamides is 1. The van der Waals surface area contributed by atoms with E-state index in [1.54, 1.807) is 59.4 Å². The highest BCUT2D eigenvalue weighted by Crippen LogP contribution is 2.30. The average molecular weight is 574 g/mol. The number of carbonyl (C=O) groups is 2. The number of halogens is 1. The predicted molar refractivity (Wildman–Crippen MR) is 143 cm³/mol. The van der Waals surface area contributed by atoms with Gasteiger partial charge in [0.2, 0.25) is 0 Å². The van der Waals surface area contributed by atoms with Crippen LogP contribution in [0.4, 0.5) is 0 Å². The molecule has 1 N–H and O–H groups in total. The minimum absolute atomic E-state index is 0.0580. The maximum absolute atomic E-state index is 13.3. The molecular weight excluding hydrogens is 550 g/mol. The van der Waals surface area contributed by atoms with Gasteiger partial charge in [-0.1, -0.05) is 11.6 Å². The van der Waals surface area contributed by atoms with E-state index in [0.717, 1.165) is 16.2 Å². The van der Waals surface area contributed by atoms with Crippen LogP contribution in [-0.4, -0.2) is 59.8 Å². The lowest BCUT2D eigenvalue weighted by molar-refractivity contribution is 0.0600. The topological polar surface area (TPSA) is 123 Å². The molecule has 1 aliphatic heterocycles. The number of amides is 1. The monoisotopic (exact) mass is 573 g/mol. The van der Waals surface area contributed by atoms with Crippen molar-refractivity contribution in [2.24, 2.45) is 0 Å². The van der Waals surface area contributed by atoms with Crippen LogP contribution in [0.5, 0.6) is 0 Å². The van der Waals surface area contributed by atoms with Crippen molar-refractivity contribution < 1.29 is 22.7 Å². The number of benzene rings is 2. The van der Waals surface area contributed by atoms with Crippen molar-refractivity contribution in [3.8, 4) is 0 Å². The number of methoxy groups -OCH3 is 1. The molecule has 13 heteroatoms. The Balaban J connectivity index is 1.20. The minimum atomic E-state index is -3.66. The highest BCUT2D eigenvalue weighted by atomic mass is 35.5. The van der Waals surface area contributed by atoms with Gasteiger partial charge in [-0.05, 0) is 67.4 Å². The molecule has 5 rings (SSSR count). The zero-order valence-electron chi connectivity index (χ0n) is 20.3. The van der Waals surface area contributed by atoms with Crippen LogP contribution >= 0.6 is 22.9 Å². The van der Waals surface area contributed by atoms with Crippen molar-refractivity contribution in [2.75, 3.05) is 20.2 Å². The summed E-state index contributed by atoms with van der Waals surface area (Å²) < 4.78 is 33.0. The number of carbonyl (C=O) groups excluding carboxylic acids is 2. The Kier molecular flexibility index (Phi) is 7.48. The van der Waals surface area contributed by atoms with Gasteiger partial charge in [0.15, 0.2) is 0 Å². The van der Waals surface area contributed by atoms with Crippen LogP contribution in [0.15, 0.2) is 58.8 Å². The highest BCUT2D eigenvalue weighted by molar-refractivity contribution is 7.91. The van der Waals surface area contributed by atoms with Gasteiger partial charge < -0.3 is 10.1 Å². The van der Waals surface area contributed by atoms with Gasteiger partial charge in [0.25, 0.3) is 15.9 Å². The summed E-state index contributed by atoms with van der Waals surface area (Å²) in [7, 11) is -2.34. The van der Waals surface area contributed by atoms with Crippen LogP contribution < -0.4 is 5.32 Å². The van der Waals surface area contributed by atoms with Crippen LogP contribution in [0.2, 0.25) is 5.02 Å². The summed E-state index contributed by atoms with van der Waals surface area (Å²) in [5, 5.41) is 12.4. The van der Waals surface area contributed by atoms with E-state index in [1.807, 2.05) is 0 Å². The molecule has 4 aromatic rings. The number of nitrogens with one attached hydrogen (secondary N) is 1. The zero-order chi connectivity index (χ0) is 26.9. The number of rotatable bonds is 7. The molecule has 0 unspecified atom stereocenters. The molecule has 0 saturated carbocycles. The summed E-state index contributed by atoms with van der Waals surface area (Å²) in [6.07, 6.45) is 1.11. The number of esters is 1. The average Bonchev–Trinajstić information content (AvgIpc) is 3.59. The van der Waals surface area contributed by atoms with Crippen molar-refractivity contribution in [1.29, 1.82) is 0 Å². The molecule has 1 saturated heterocycles. The van der Waals surface area contributed by atoms with E-state index in [2.05, 4.69) is 15.5 Å². The Hall–Kier alpha value is -3.32. The molecule has 1 amide bonds. The first kappa shape index (κ1) is 26.3. The van der Waals surface area contributed by atoms with E-state index >= 15 is 0 Å². The van der Waals surface area contributed by atoms with Gasteiger partial charge in [0, 0.05) is 28.6 Å². The molecule has 1 aliphatic rings. The van der Waals surface area contributed by atoms with E-state index in [0.29, 0.717) is 53.1 Å². The molecule has 1 fully saturated rings. The lowest BCUT2D eigenvalue weighted by Crippen LogP contribution is -2.39. The molecule has 38 heavy (non-hydrogen) atoms. The summed E-state index contributed by atoms with van der Waals surface area (Å²) in [6, 6.07) is 14.8. The van der Waals surface area contributed by atoms with Crippen molar-refractivity contribution in [3.63, 3.8) is 0 Å². The quantitative estimate of drug-likeness (QED) is 0.333. The van der Waals surface area contributed by atoms with Crippen LogP contribution in [-0.2, 0) is 21.3 Å². The molecule has 2 aromatic carbocycles. The van der Waals surface area contributed by atoms with Crippen molar-refractivity contribution in [1.82, 2.24) is 24.6 Å². The smallest absolute Gasteiger partial charge is 0.337 e. The lowest BCUT2D eigenvalue weighted by atomic mass is 10.1. The van der Waals surface area contributed by atoms with Gasteiger partial charge in [-0.3, -0.25) is 4.79 Å². The Morgan fingerprint density at radius 2 is 1.71 bits per heavy atom. The first-order valence-corrected chi connectivity index (χ1v) is 14.5. The van der Waals surface area contributed by atoms with Gasteiger partial charge in [-0.15, -0.1) is 11.3 Å². The SMILES string of the molecule is COC(=O)c1ccc2nn(C3CCN(S(=O)(=O)c4ccc(CNC(=O)c5ccc(Cl)cc5)s4)CC3)nc2c1. The molecule has 0 radical (unpaired) electrons. The summed E-state index contributed by atoms with van der Waals surface area (Å²) in [4.78, 5) is 26.5. The van der Waals surface area contributed by atoms with Gasteiger partial charge in [0.05, 0.1) is 25.3 Å². The fraction of sp³-hybridized carbons (Fsp3) is 0.280. The molecule has 0 atom stereocenters. The second-order valence-electron chi connectivity index (χ2n) is 8.76. The number of aromatic nitrogens is 3. The van der Waals surface area contributed by atoms with Crippen LogP contribution in [0.1, 0.15) is 44.5 Å². The van der Waals surface area contributed by atoms with E-state index in [9.17, 15) is 18.0 Å². The molecule has 3 heterocycles. The number of piperidine rings is 1. The summed E-state index contributed by atoms with van der Waals surface area (Å²) >= 11 is 7.01. The normalized spacial score (nSPS) is 15.0. The Morgan fingerprint density at radius 3 is 2.42 bits per heavy atom.